The molecule has 1 atom stereocenters. The van der Waals surface area contributed by atoms with Crippen molar-refractivity contribution in [1.29, 1.82) is 0 Å². The van der Waals surface area contributed by atoms with Crippen molar-refractivity contribution in [1.82, 2.24) is 5.32 Å². The first-order valence-corrected chi connectivity index (χ1v) is 6.66. The average Bonchev–Trinajstić information content (AvgIpc) is 2.68. The molecule has 0 saturated carbocycles. The van der Waals surface area contributed by atoms with Crippen LogP contribution >= 0.6 is 22.9 Å². The summed E-state index contributed by atoms with van der Waals surface area (Å²) in [5.74, 6) is -1.68. The van der Waals surface area contributed by atoms with Gasteiger partial charge >= 0.3 is 0 Å². The fourth-order valence-corrected chi connectivity index (χ4v) is 3.24. The molecule has 2 aromatic rings. The van der Waals surface area contributed by atoms with Crippen LogP contribution in [0.25, 0.3) is 0 Å². The van der Waals surface area contributed by atoms with Crippen LogP contribution < -0.4 is 5.32 Å². The Hall–Kier alpha value is -0.970. The first-order valence-electron chi connectivity index (χ1n) is 5.41. The van der Waals surface area contributed by atoms with E-state index in [1.807, 2.05) is 12.3 Å². The summed E-state index contributed by atoms with van der Waals surface area (Å²) in [6.07, 6.45) is 0. The van der Waals surface area contributed by atoms with Crippen molar-refractivity contribution in [3.63, 3.8) is 0 Å². The lowest BCUT2D eigenvalue weighted by Gasteiger charge is -2.17. The Morgan fingerprint density at radius 3 is 2.61 bits per heavy atom. The maximum absolute atomic E-state index is 13.8. The van der Waals surface area contributed by atoms with Crippen molar-refractivity contribution >= 4 is 22.9 Å². The molecule has 1 nitrogen and oxygen atoms in total. The molecule has 2 rings (SSSR count). The van der Waals surface area contributed by atoms with Gasteiger partial charge < -0.3 is 5.32 Å². The second-order valence-corrected chi connectivity index (χ2v) is 5.25. The summed E-state index contributed by atoms with van der Waals surface area (Å²) in [5, 5.41) is 5.48. The van der Waals surface area contributed by atoms with Gasteiger partial charge in [-0.15, -0.1) is 11.3 Å². The van der Waals surface area contributed by atoms with Crippen LogP contribution in [0.5, 0.6) is 0 Å². The molecular formula is C13H12ClF2NS. The third-order valence-electron chi connectivity index (χ3n) is 2.77. The topological polar surface area (TPSA) is 12.0 Å². The van der Waals surface area contributed by atoms with Gasteiger partial charge in [0.1, 0.15) is 0 Å². The predicted octanol–water partition coefficient (Wildman–Crippen LogP) is 4.30. The van der Waals surface area contributed by atoms with E-state index < -0.39 is 17.7 Å². The largest absolute Gasteiger partial charge is 0.309 e. The third kappa shape index (κ3) is 2.28. The number of hydrogen-bond acceptors (Lipinski definition) is 2. The van der Waals surface area contributed by atoms with Gasteiger partial charge in [0.15, 0.2) is 11.6 Å². The predicted molar refractivity (Wildman–Crippen MR) is 71.3 cm³/mol. The lowest BCUT2D eigenvalue weighted by Crippen LogP contribution is -2.18. The Balaban J connectivity index is 2.52. The molecule has 0 aliphatic carbocycles. The zero-order chi connectivity index (χ0) is 13.3. The van der Waals surface area contributed by atoms with E-state index in [0.29, 0.717) is 5.02 Å². The number of halogens is 3. The number of aryl methyl sites for hydroxylation is 1. The van der Waals surface area contributed by atoms with Gasteiger partial charge in [-0.2, -0.15) is 0 Å². The monoisotopic (exact) mass is 287 g/mol. The first-order chi connectivity index (χ1) is 8.56. The molecule has 0 saturated heterocycles. The zero-order valence-corrected chi connectivity index (χ0v) is 11.5. The van der Waals surface area contributed by atoms with E-state index in [1.54, 1.807) is 13.1 Å². The fraction of sp³-hybridized carbons (Fsp3) is 0.231. The minimum atomic E-state index is -0.850. The molecule has 5 heteroatoms. The fourth-order valence-electron chi connectivity index (χ4n) is 1.82. The number of thiophene rings is 1. The highest BCUT2D eigenvalue weighted by atomic mass is 35.5. The Bertz CT molecular complexity index is 568. The summed E-state index contributed by atoms with van der Waals surface area (Å²) in [7, 11) is 1.69. The molecule has 0 spiro atoms. The molecule has 0 aliphatic rings. The summed E-state index contributed by atoms with van der Waals surface area (Å²) in [6.45, 7) is 1.89. The highest BCUT2D eigenvalue weighted by molar-refractivity contribution is 7.10. The van der Waals surface area contributed by atoms with Crippen LogP contribution in [0.4, 0.5) is 8.78 Å². The van der Waals surface area contributed by atoms with Crippen LogP contribution in [0.3, 0.4) is 0 Å². The van der Waals surface area contributed by atoms with Crippen molar-refractivity contribution < 1.29 is 8.78 Å². The van der Waals surface area contributed by atoms with Gasteiger partial charge in [-0.1, -0.05) is 23.7 Å². The number of rotatable bonds is 3. The number of benzene rings is 1. The van der Waals surface area contributed by atoms with E-state index in [4.69, 9.17) is 11.6 Å². The molecule has 0 bridgehead atoms. The average molecular weight is 288 g/mol. The van der Waals surface area contributed by atoms with E-state index in [-0.39, 0.29) is 5.56 Å². The van der Waals surface area contributed by atoms with E-state index in [0.717, 1.165) is 16.5 Å². The molecule has 0 fully saturated rings. The molecule has 0 aliphatic heterocycles. The van der Waals surface area contributed by atoms with Gasteiger partial charge in [0.25, 0.3) is 0 Å². The van der Waals surface area contributed by atoms with Crippen molar-refractivity contribution in [2.75, 3.05) is 7.05 Å². The Morgan fingerprint density at radius 1 is 1.33 bits per heavy atom. The lowest BCUT2D eigenvalue weighted by molar-refractivity contribution is 0.488. The quantitative estimate of drug-likeness (QED) is 0.888. The van der Waals surface area contributed by atoms with Crippen LogP contribution in [0.15, 0.2) is 23.6 Å². The lowest BCUT2D eigenvalue weighted by atomic mass is 10.0. The van der Waals surface area contributed by atoms with Crippen molar-refractivity contribution in [3.8, 4) is 0 Å². The highest BCUT2D eigenvalue weighted by Crippen LogP contribution is 2.36. The molecule has 1 aromatic carbocycles. The SMILES string of the molecule is CNC(c1cccc(F)c1F)c1scc(C)c1Cl. The molecule has 1 N–H and O–H groups in total. The molecule has 1 heterocycles. The van der Waals surface area contributed by atoms with Crippen molar-refractivity contribution in [2.45, 2.75) is 13.0 Å². The van der Waals surface area contributed by atoms with Crippen LogP contribution in [-0.4, -0.2) is 7.05 Å². The highest BCUT2D eigenvalue weighted by Gasteiger charge is 2.22. The number of hydrogen-bond donors (Lipinski definition) is 1. The second-order valence-electron chi connectivity index (χ2n) is 3.96. The van der Waals surface area contributed by atoms with Gasteiger partial charge in [0.2, 0.25) is 0 Å². The summed E-state index contributed by atoms with van der Waals surface area (Å²) in [5.41, 5.74) is 1.20. The van der Waals surface area contributed by atoms with Gasteiger partial charge in [-0.3, -0.25) is 0 Å². The van der Waals surface area contributed by atoms with E-state index in [9.17, 15) is 8.78 Å². The summed E-state index contributed by atoms with van der Waals surface area (Å²) in [6, 6.07) is 3.72. The molecule has 1 aromatic heterocycles. The standard InChI is InChI=1S/C13H12ClF2NS/c1-7-6-18-13(10(7)14)12(17-2)8-4-3-5-9(15)11(8)16/h3-6,12,17H,1-2H3. The van der Waals surface area contributed by atoms with Crippen LogP contribution in [-0.2, 0) is 0 Å². The molecule has 1 unspecified atom stereocenters. The van der Waals surface area contributed by atoms with Gasteiger partial charge in [-0.05, 0) is 31.0 Å². The minimum absolute atomic E-state index is 0.265. The van der Waals surface area contributed by atoms with Crippen LogP contribution in [0, 0.1) is 18.6 Å². The van der Waals surface area contributed by atoms with Gasteiger partial charge in [-0.25, -0.2) is 8.78 Å². The smallest absolute Gasteiger partial charge is 0.163 e. The van der Waals surface area contributed by atoms with Crippen molar-refractivity contribution in [2.24, 2.45) is 0 Å². The zero-order valence-electron chi connectivity index (χ0n) is 9.93. The van der Waals surface area contributed by atoms with E-state index >= 15 is 0 Å². The third-order valence-corrected chi connectivity index (χ3v) is 4.55. The van der Waals surface area contributed by atoms with E-state index in [1.165, 1.54) is 17.4 Å². The normalized spacial score (nSPS) is 12.7. The minimum Gasteiger partial charge on any atom is -0.309 e. The summed E-state index contributed by atoms with van der Waals surface area (Å²) < 4.78 is 27.1. The van der Waals surface area contributed by atoms with Gasteiger partial charge in [0.05, 0.1) is 11.1 Å². The van der Waals surface area contributed by atoms with Gasteiger partial charge in [0, 0.05) is 10.4 Å². The molecule has 96 valence electrons. The molecule has 0 radical (unpaired) electrons. The molecule has 18 heavy (non-hydrogen) atoms. The summed E-state index contributed by atoms with van der Waals surface area (Å²) >= 11 is 7.61. The van der Waals surface area contributed by atoms with Crippen molar-refractivity contribution in [3.05, 3.63) is 56.2 Å². The number of nitrogens with one attached hydrogen (secondary N) is 1. The second kappa shape index (κ2) is 5.34. The maximum atomic E-state index is 13.8. The molecule has 0 amide bonds. The Morgan fingerprint density at radius 2 is 2.06 bits per heavy atom. The summed E-state index contributed by atoms with van der Waals surface area (Å²) in [4.78, 5) is 0.793. The Kier molecular flexibility index (Phi) is 4.00. The van der Waals surface area contributed by atoms with E-state index in [2.05, 4.69) is 5.32 Å². The first kappa shape index (κ1) is 13.5. The maximum Gasteiger partial charge on any atom is 0.163 e. The Labute approximate surface area is 113 Å². The molecular weight excluding hydrogens is 276 g/mol. The van der Waals surface area contributed by atoms with Crippen LogP contribution in [0.1, 0.15) is 22.0 Å². The van der Waals surface area contributed by atoms with Crippen LogP contribution in [0.2, 0.25) is 5.02 Å².